The molecule has 1 aliphatic carbocycles. The lowest BCUT2D eigenvalue weighted by Gasteiger charge is -2.38. The third-order valence-corrected chi connectivity index (χ3v) is 15.4. The SMILES string of the molecule is CC1(c2cccc(OC3CCN(CCCS(=O)(=O)N4CCC(N(c5ccccc5)c5ncc6cc(C(F)F)c(=O)n(C7CCCC7(C)O)c6n5)CC4)CC3)c2)CCC(=O)NC1=O. The first-order valence-corrected chi connectivity index (χ1v) is 23.3. The number of sulfonamides is 1. The number of fused-ring (bicyclic) bond motifs is 1. The minimum Gasteiger partial charge on any atom is -0.490 e. The molecule has 0 bridgehead atoms. The van der Waals surface area contributed by atoms with Crippen molar-refractivity contribution >= 4 is 44.5 Å². The van der Waals surface area contributed by atoms with Crippen molar-refractivity contribution < 1.29 is 36.6 Å². The lowest BCUT2D eigenvalue weighted by molar-refractivity contribution is -0.137. The van der Waals surface area contributed by atoms with E-state index in [9.17, 15) is 36.7 Å². The summed E-state index contributed by atoms with van der Waals surface area (Å²) in [4.78, 5) is 51.7. The van der Waals surface area contributed by atoms with Gasteiger partial charge < -0.3 is 19.6 Å². The van der Waals surface area contributed by atoms with Gasteiger partial charge in [0.15, 0.2) is 0 Å². The van der Waals surface area contributed by atoms with Crippen LogP contribution in [0.25, 0.3) is 11.0 Å². The maximum Gasteiger partial charge on any atom is 0.269 e. The van der Waals surface area contributed by atoms with Crippen LogP contribution in [0.5, 0.6) is 5.75 Å². The summed E-state index contributed by atoms with van der Waals surface area (Å²) in [5.74, 6) is 0.417. The van der Waals surface area contributed by atoms with Gasteiger partial charge in [-0.1, -0.05) is 30.3 Å². The van der Waals surface area contributed by atoms with Gasteiger partial charge in [-0.15, -0.1) is 0 Å². The Morgan fingerprint density at radius 1 is 0.952 bits per heavy atom. The van der Waals surface area contributed by atoms with E-state index in [-0.39, 0.29) is 46.7 Å². The summed E-state index contributed by atoms with van der Waals surface area (Å²) >= 11 is 0. The van der Waals surface area contributed by atoms with E-state index in [0.29, 0.717) is 76.8 Å². The van der Waals surface area contributed by atoms with Gasteiger partial charge in [0.05, 0.1) is 28.4 Å². The molecule has 1 saturated carbocycles. The lowest BCUT2D eigenvalue weighted by Crippen LogP contribution is -2.49. The first kappa shape index (κ1) is 43.8. The molecular formula is C45H55F2N7O7S. The molecule has 2 aromatic carbocycles. The number of nitrogens with zero attached hydrogens (tertiary/aromatic N) is 6. The fourth-order valence-electron chi connectivity index (χ4n) is 9.72. The van der Waals surface area contributed by atoms with Crippen molar-refractivity contribution in [2.45, 2.75) is 114 Å². The summed E-state index contributed by atoms with van der Waals surface area (Å²) in [6.07, 6.45) is 3.64. The zero-order chi connectivity index (χ0) is 43.8. The van der Waals surface area contributed by atoms with Crippen molar-refractivity contribution in [1.29, 1.82) is 0 Å². The molecule has 0 radical (unpaired) electrons. The van der Waals surface area contributed by atoms with Gasteiger partial charge in [0, 0.05) is 55.9 Å². The van der Waals surface area contributed by atoms with Crippen LogP contribution in [-0.4, -0.2) is 105 Å². The third kappa shape index (κ3) is 8.99. The van der Waals surface area contributed by atoms with Crippen LogP contribution in [0, 0.1) is 0 Å². The van der Waals surface area contributed by atoms with Gasteiger partial charge >= 0.3 is 0 Å². The Bertz CT molecular complexity index is 2460. The van der Waals surface area contributed by atoms with Gasteiger partial charge in [-0.2, -0.15) is 4.98 Å². The van der Waals surface area contributed by atoms with Crippen LogP contribution in [0.3, 0.4) is 0 Å². The Hall–Kier alpha value is -4.84. The van der Waals surface area contributed by atoms with E-state index in [2.05, 4.69) is 15.2 Å². The maximum absolute atomic E-state index is 14.1. The largest absolute Gasteiger partial charge is 0.490 e. The number of carbonyl (C=O) groups excluding carboxylic acids is 2. The molecule has 8 rings (SSSR count). The second-order valence-corrected chi connectivity index (χ2v) is 19.8. The number of anilines is 2. The fraction of sp³-hybridized carbons (Fsp3) is 0.533. The number of carbonyl (C=O) groups is 2. The summed E-state index contributed by atoms with van der Waals surface area (Å²) in [7, 11) is -3.55. The van der Waals surface area contributed by atoms with Crippen molar-refractivity contribution in [1.82, 2.24) is 29.1 Å². The first-order valence-electron chi connectivity index (χ1n) is 21.7. The molecule has 62 heavy (non-hydrogen) atoms. The number of imide groups is 1. The molecule has 17 heteroatoms. The predicted molar refractivity (Wildman–Crippen MR) is 230 cm³/mol. The number of ether oxygens (including phenoxy) is 1. The molecule has 0 spiro atoms. The monoisotopic (exact) mass is 875 g/mol. The number of aromatic nitrogens is 3. The van der Waals surface area contributed by atoms with Crippen LogP contribution < -0.4 is 20.5 Å². The highest BCUT2D eigenvalue weighted by atomic mass is 32.2. The summed E-state index contributed by atoms with van der Waals surface area (Å²) in [6, 6.07) is 17.2. The van der Waals surface area contributed by atoms with Crippen LogP contribution in [-0.2, 0) is 25.0 Å². The number of rotatable bonds is 13. The molecule has 4 fully saturated rings. The smallest absolute Gasteiger partial charge is 0.269 e. The molecule has 5 heterocycles. The topological polar surface area (TPSA) is 167 Å². The molecule has 4 aromatic rings. The number of hydrogen-bond donors (Lipinski definition) is 2. The number of alkyl halides is 2. The van der Waals surface area contributed by atoms with E-state index in [1.807, 2.05) is 66.4 Å². The highest BCUT2D eigenvalue weighted by Crippen LogP contribution is 2.41. The van der Waals surface area contributed by atoms with E-state index in [0.717, 1.165) is 43.2 Å². The molecule has 2 N–H and O–H groups in total. The van der Waals surface area contributed by atoms with Gasteiger partial charge in [-0.3, -0.25) is 24.3 Å². The highest BCUT2D eigenvalue weighted by Gasteiger charge is 2.42. The van der Waals surface area contributed by atoms with Gasteiger partial charge in [0.1, 0.15) is 17.5 Å². The normalized spacial score (nSPS) is 24.8. The quantitative estimate of drug-likeness (QED) is 0.157. The third-order valence-electron chi connectivity index (χ3n) is 13.4. The molecule has 2 aromatic heterocycles. The first-order chi connectivity index (χ1) is 29.6. The molecule has 3 unspecified atom stereocenters. The van der Waals surface area contributed by atoms with Gasteiger partial charge in [-0.05, 0) is 114 Å². The Labute approximate surface area is 360 Å². The highest BCUT2D eigenvalue weighted by molar-refractivity contribution is 7.89. The van der Waals surface area contributed by atoms with E-state index in [1.165, 1.54) is 10.8 Å². The van der Waals surface area contributed by atoms with Crippen molar-refractivity contribution in [2.75, 3.05) is 43.4 Å². The minimum absolute atomic E-state index is 0.0106. The van der Waals surface area contributed by atoms with Crippen LogP contribution in [0.1, 0.15) is 102 Å². The maximum atomic E-state index is 14.1. The molecule has 4 aliphatic rings. The fourth-order valence-corrected chi connectivity index (χ4v) is 11.2. The van der Waals surface area contributed by atoms with E-state index < -0.39 is 44.6 Å². The predicted octanol–water partition coefficient (Wildman–Crippen LogP) is 5.77. The molecule has 3 aliphatic heterocycles. The van der Waals surface area contributed by atoms with E-state index in [4.69, 9.17) is 9.72 Å². The van der Waals surface area contributed by atoms with Crippen LogP contribution in [0.15, 0.2) is 71.7 Å². The number of piperidine rings is 3. The Balaban J connectivity index is 0.883. The summed E-state index contributed by atoms with van der Waals surface area (Å²) in [6.45, 7) is 6.24. The number of amides is 2. The van der Waals surface area contributed by atoms with Gasteiger partial charge in [-0.25, -0.2) is 26.5 Å². The standard InChI is InChI=1S/C45H55F2N7O7S/c1-44(20-14-38(55)49-42(44)57)31-9-6-12-35(28-31)61-34-17-22-51(23-18-34)21-8-26-62(59,60)52-24-15-33(16-25-52)53(32-10-4-3-5-11-32)43-48-29-30-27-36(39(46)47)41(56)54(40(30)50-43)37-13-7-19-45(37,2)58/h3-6,9-12,27-29,33-34,37,39,58H,7-8,13-26H2,1-2H3,(H,49,55,57). The molecule has 3 saturated heterocycles. The Morgan fingerprint density at radius 2 is 1.69 bits per heavy atom. The van der Waals surface area contributed by atoms with Crippen molar-refractivity contribution in [3.63, 3.8) is 0 Å². The number of para-hydroxylation sites is 1. The molecule has 332 valence electrons. The number of pyridine rings is 1. The van der Waals surface area contributed by atoms with Gasteiger partial charge in [0.25, 0.3) is 12.0 Å². The van der Waals surface area contributed by atoms with Crippen LogP contribution >= 0.6 is 0 Å². The Kier molecular flexibility index (Phi) is 12.5. The van der Waals surface area contributed by atoms with Crippen molar-refractivity contribution in [3.8, 4) is 5.75 Å². The van der Waals surface area contributed by atoms with Crippen LogP contribution in [0.2, 0.25) is 0 Å². The van der Waals surface area contributed by atoms with E-state index in [1.54, 1.807) is 11.2 Å². The number of nitrogens with one attached hydrogen (secondary N) is 1. The number of hydrogen-bond acceptors (Lipinski definition) is 11. The molecule has 14 nitrogen and oxygen atoms in total. The number of aliphatic hydroxyl groups is 1. The van der Waals surface area contributed by atoms with Crippen molar-refractivity contribution in [3.05, 3.63) is 88.3 Å². The minimum atomic E-state index is -3.55. The zero-order valence-corrected chi connectivity index (χ0v) is 36.0. The van der Waals surface area contributed by atoms with Crippen molar-refractivity contribution in [2.24, 2.45) is 0 Å². The molecule has 2 amide bonds. The zero-order valence-electron chi connectivity index (χ0n) is 35.2. The van der Waals surface area contributed by atoms with Crippen LogP contribution in [0.4, 0.5) is 20.4 Å². The van der Waals surface area contributed by atoms with Gasteiger partial charge in [0.2, 0.25) is 27.8 Å². The number of halogens is 2. The second kappa shape index (κ2) is 17.7. The summed E-state index contributed by atoms with van der Waals surface area (Å²) in [5.41, 5.74) is -1.89. The Morgan fingerprint density at radius 3 is 2.37 bits per heavy atom. The van der Waals surface area contributed by atoms with E-state index >= 15 is 0 Å². The second-order valence-electron chi connectivity index (χ2n) is 17.7. The number of likely N-dealkylation sites (tertiary alicyclic amines) is 1. The summed E-state index contributed by atoms with van der Waals surface area (Å²) < 4.78 is 64.7. The summed E-state index contributed by atoms with van der Waals surface area (Å²) in [5, 5.41) is 13.9. The number of benzene rings is 2. The lowest BCUT2D eigenvalue weighted by atomic mass is 9.75. The molecular weight excluding hydrogens is 821 g/mol. The average Bonchev–Trinajstić information content (AvgIpc) is 3.61. The molecule has 3 atom stereocenters. The average molecular weight is 876 g/mol.